The molecule has 1 aliphatic rings. The van der Waals surface area contributed by atoms with E-state index < -0.39 is 17.8 Å². The molecule has 3 heterocycles. The van der Waals surface area contributed by atoms with E-state index in [0.717, 1.165) is 12.5 Å². The van der Waals surface area contributed by atoms with E-state index >= 15 is 0 Å². The average molecular weight is 374 g/mol. The van der Waals surface area contributed by atoms with Gasteiger partial charge in [-0.05, 0) is 25.0 Å². The van der Waals surface area contributed by atoms with Crippen molar-refractivity contribution in [2.24, 2.45) is 5.73 Å². The Labute approximate surface area is 146 Å². The minimum Gasteiger partial charge on any atom is -0.366 e. The Hall–Kier alpha value is -2.29. The second kappa shape index (κ2) is 6.55. The Morgan fingerprint density at radius 1 is 1.40 bits per heavy atom. The van der Waals surface area contributed by atoms with Gasteiger partial charge in [-0.25, -0.2) is 4.98 Å². The Morgan fingerprint density at radius 2 is 2.16 bits per heavy atom. The van der Waals surface area contributed by atoms with Crippen LogP contribution in [0.5, 0.6) is 0 Å². The number of amides is 1. The van der Waals surface area contributed by atoms with Gasteiger partial charge in [-0.2, -0.15) is 18.3 Å². The van der Waals surface area contributed by atoms with Gasteiger partial charge >= 0.3 is 6.18 Å². The quantitative estimate of drug-likeness (QED) is 0.897. The van der Waals surface area contributed by atoms with Crippen LogP contribution in [0.3, 0.4) is 0 Å². The highest BCUT2D eigenvalue weighted by molar-refractivity contribution is 6.33. The Bertz CT molecular complexity index is 792. The molecule has 2 aromatic rings. The number of anilines is 1. The molecule has 6 nitrogen and oxygen atoms in total. The van der Waals surface area contributed by atoms with Crippen LogP contribution in [0.1, 0.15) is 34.9 Å². The molecule has 1 amide bonds. The van der Waals surface area contributed by atoms with E-state index in [4.69, 9.17) is 17.3 Å². The number of hydrogen-bond acceptors (Lipinski definition) is 4. The minimum atomic E-state index is -4.46. The highest BCUT2D eigenvalue weighted by atomic mass is 35.5. The Morgan fingerprint density at radius 3 is 2.76 bits per heavy atom. The first-order valence-corrected chi connectivity index (χ1v) is 7.96. The van der Waals surface area contributed by atoms with Crippen LogP contribution in [0, 0.1) is 0 Å². The highest BCUT2D eigenvalue weighted by Crippen LogP contribution is 2.32. The summed E-state index contributed by atoms with van der Waals surface area (Å²) in [7, 11) is 0. The third-order valence-electron chi connectivity index (χ3n) is 4.08. The minimum absolute atomic E-state index is 0.198. The summed E-state index contributed by atoms with van der Waals surface area (Å²) in [6, 6.07) is 2.18. The number of piperidine rings is 1. The van der Waals surface area contributed by atoms with Gasteiger partial charge in [0, 0.05) is 25.5 Å². The summed E-state index contributed by atoms with van der Waals surface area (Å²) in [4.78, 5) is 17.2. The largest absolute Gasteiger partial charge is 0.435 e. The molecule has 0 aromatic carbocycles. The van der Waals surface area contributed by atoms with E-state index in [2.05, 4.69) is 10.1 Å². The molecule has 0 radical (unpaired) electrons. The smallest absolute Gasteiger partial charge is 0.366 e. The maximum Gasteiger partial charge on any atom is 0.435 e. The zero-order valence-electron chi connectivity index (χ0n) is 13.0. The van der Waals surface area contributed by atoms with E-state index in [1.54, 1.807) is 0 Å². The molecule has 1 atom stereocenters. The lowest BCUT2D eigenvalue weighted by Gasteiger charge is -2.34. The lowest BCUT2D eigenvalue weighted by molar-refractivity contribution is -0.141. The molecule has 134 valence electrons. The molecule has 2 aromatic heterocycles. The summed E-state index contributed by atoms with van der Waals surface area (Å²) in [6.45, 7) is 1.08. The summed E-state index contributed by atoms with van der Waals surface area (Å²) < 4.78 is 39.5. The van der Waals surface area contributed by atoms with Gasteiger partial charge < -0.3 is 10.6 Å². The maximum absolute atomic E-state index is 12.7. The van der Waals surface area contributed by atoms with Crippen LogP contribution >= 0.6 is 11.6 Å². The van der Waals surface area contributed by atoms with Crippen molar-refractivity contribution in [1.29, 1.82) is 0 Å². The average Bonchev–Trinajstić information content (AvgIpc) is 3.05. The molecular formula is C15H15ClF3N5O. The van der Waals surface area contributed by atoms with Crippen molar-refractivity contribution in [3.05, 3.63) is 40.8 Å². The summed E-state index contributed by atoms with van der Waals surface area (Å²) in [5.74, 6) is -0.159. The first-order valence-electron chi connectivity index (χ1n) is 7.58. The standard InChI is InChI=1S/C15H15ClF3N5O/c16-11-6-9(13(20)25)7-21-14(11)23-4-1-2-10(8-23)24-5-3-12(22-24)15(17,18)19/h3,5-7,10H,1-2,4,8H2,(H2,20,25). The van der Waals surface area contributed by atoms with Crippen LogP contribution in [0.25, 0.3) is 0 Å². The fraction of sp³-hybridized carbons (Fsp3) is 0.400. The molecule has 0 saturated carbocycles. The molecule has 2 N–H and O–H groups in total. The van der Waals surface area contributed by atoms with E-state index in [1.807, 2.05) is 4.90 Å². The third kappa shape index (κ3) is 3.71. The number of rotatable bonds is 3. The summed E-state index contributed by atoms with van der Waals surface area (Å²) >= 11 is 6.18. The molecule has 0 spiro atoms. The van der Waals surface area contributed by atoms with Gasteiger partial charge in [0.15, 0.2) is 5.69 Å². The number of alkyl halides is 3. The lowest BCUT2D eigenvalue weighted by Crippen LogP contribution is -2.37. The molecule has 0 bridgehead atoms. The molecular weight excluding hydrogens is 359 g/mol. The second-order valence-electron chi connectivity index (χ2n) is 5.81. The van der Waals surface area contributed by atoms with Gasteiger partial charge in [0.1, 0.15) is 5.82 Å². The zero-order chi connectivity index (χ0) is 18.2. The monoisotopic (exact) mass is 373 g/mol. The normalized spacial score (nSPS) is 18.4. The zero-order valence-corrected chi connectivity index (χ0v) is 13.8. The summed E-state index contributed by atoms with van der Waals surface area (Å²) in [6.07, 6.45) is -0.339. The first kappa shape index (κ1) is 17.5. The molecule has 25 heavy (non-hydrogen) atoms. The predicted molar refractivity (Wildman–Crippen MR) is 85.5 cm³/mol. The Kier molecular flexibility index (Phi) is 4.59. The highest BCUT2D eigenvalue weighted by Gasteiger charge is 2.34. The van der Waals surface area contributed by atoms with Gasteiger partial charge in [-0.15, -0.1) is 0 Å². The molecule has 10 heteroatoms. The van der Waals surface area contributed by atoms with Crippen LogP contribution < -0.4 is 10.6 Å². The summed E-state index contributed by atoms with van der Waals surface area (Å²) in [5, 5.41) is 3.92. The van der Waals surface area contributed by atoms with Crippen LogP contribution in [0.2, 0.25) is 5.02 Å². The maximum atomic E-state index is 12.7. The van der Waals surface area contributed by atoms with Crippen molar-refractivity contribution >= 4 is 23.3 Å². The number of hydrogen-bond donors (Lipinski definition) is 1. The van der Waals surface area contributed by atoms with Crippen LogP contribution in [0.15, 0.2) is 24.5 Å². The van der Waals surface area contributed by atoms with E-state index in [-0.39, 0.29) is 16.6 Å². The topological polar surface area (TPSA) is 77.0 Å². The van der Waals surface area contributed by atoms with E-state index in [9.17, 15) is 18.0 Å². The fourth-order valence-corrected chi connectivity index (χ4v) is 3.14. The van der Waals surface area contributed by atoms with Crippen molar-refractivity contribution < 1.29 is 18.0 Å². The summed E-state index contributed by atoms with van der Waals surface area (Å²) in [5.41, 5.74) is 4.48. The van der Waals surface area contributed by atoms with Crippen molar-refractivity contribution in [2.75, 3.05) is 18.0 Å². The number of halogens is 4. The van der Waals surface area contributed by atoms with Crippen LogP contribution in [0.4, 0.5) is 19.0 Å². The lowest BCUT2D eigenvalue weighted by atomic mass is 10.1. The number of nitrogens with zero attached hydrogens (tertiary/aromatic N) is 4. The van der Waals surface area contributed by atoms with E-state index in [1.165, 1.54) is 23.1 Å². The van der Waals surface area contributed by atoms with E-state index in [0.29, 0.717) is 25.3 Å². The number of aromatic nitrogens is 3. The fourth-order valence-electron chi connectivity index (χ4n) is 2.85. The molecule has 0 aliphatic carbocycles. The van der Waals surface area contributed by atoms with Gasteiger partial charge in [0.05, 0.1) is 16.6 Å². The van der Waals surface area contributed by atoms with Crippen molar-refractivity contribution in [3.63, 3.8) is 0 Å². The van der Waals surface area contributed by atoms with Crippen LogP contribution in [-0.2, 0) is 6.18 Å². The second-order valence-corrected chi connectivity index (χ2v) is 6.22. The molecule has 1 saturated heterocycles. The SMILES string of the molecule is NC(=O)c1cnc(N2CCCC(n3ccc(C(F)(F)F)n3)C2)c(Cl)c1. The predicted octanol–water partition coefficient (Wildman–Crippen LogP) is 2.89. The van der Waals surface area contributed by atoms with Crippen LogP contribution in [-0.4, -0.2) is 33.8 Å². The molecule has 1 unspecified atom stereocenters. The Balaban J connectivity index is 1.79. The van der Waals surface area contributed by atoms with Gasteiger partial charge in [-0.1, -0.05) is 11.6 Å². The first-order chi connectivity index (χ1) is 11.8. The number of primary amides is 1. The molecule has 1 aliphatic heterocycles. The van der Waals surface area contributed by atoms with Gasteiger partial charge in [-0.3, -0.25) is 9.48 Å². The third-order valence-corrected chi connectivity index (χ3v) is 4.35. The van der Waals surface area contributed by atoms with Crippen molar-refractivity contribution in [1.82, 2.24) is 14.8 Å². The molecule has 1 fully saturated rings. The number of pyridine rings is 1. The number of nitrogens with two attached hydrogens (primary N) is 1. The van der Waals surface area contributed by atoms with Crippen molar-refractivity contribution in [2.45, 2.75) is 25.1 Å². The molecule has 3 rings (SSSR count). The van der Waals surface area contributed by atoms with Gasteiger partial charge in [0.2, 0.25) is 5.91 Å². The number of carbonyl (C=O) groups is 1. The van der Waals surface area contributed by atoms with Gasteiger partial charge in [0.25, 0.3) is 0 Å². The number of carbonyl (C=O) groups excluding carboxylic acids is 1. The van der Waals surface area contributed by atoms with Crippen molar-refractivity contribution in [3.8, 4) is 0 Å².